The van der Waals surface area contributed by atoms with Gasteiger partial charge in [-0.05, 0) is 17.2 Å². The van der Waals surface area contributed by atoms with Crippen molar-refractivity contribution in [1.82, 2.24) is 5.32 Å². The molecule has 0 saturated heterocycles. The molecule has 0 heterocycles. The van der Waals surface area contributed by atoms with Crippen molar-refractivity contribution in [3.8, 4) is 5.75 Å². The van der Waals surface area contributed by atoms with Crippen LogP contribution in [-0.4, -0.2) is 23.7 Å². The number of aliphatic hydroxyl groups is 1. The number of para-hydroxylation sites is 1. The molecule has 1 amide bonds. The Morgan fingerprint density at radius 3 is 2.71 bits per heavy atom. The normalized spacial score (nSPS) is 19.2. The third kappa shape index (κ3) is 3.54. The summed E-state index contributed by atoms with van der Waals surface area (Å²) in [5.41, 5.74) is 2.25. The van der Waals surface area contributed by atoms with Gasteiger partial charge < -0.3 is 15.2 Å². The van der Waals surface area contributed by atoms with E-state index in [9.17, 15) is 18.7 Å². The molecule has 0 aromatic heterocycles. The van der Waals surface area contributed by atoms with Gasteiger partial charge in [-0.15, -0.1) is 0 Å². The maximum absolute atomic E-state index is 12.4. The molecule has 0 aliphatic heterocycles. The maximum Gasteiger partial charge on any atom is 0.387 e. The molecule has 126 valence electrons. The van der Waals surface area contributed by atoms with Gasteiger partial charge in [0.15, 0.2) is 0 Å². The van der Waals surface area contributed by atoms with Crippen LogP contribution in [-0.2, 0) is 17.6 Å². The fraction of sp³-hybridized carbons (Fsp3) is 0.278. The number of hydrogen-bond donors (Lipinski definition) is 2. The van der Waals surface area contributed by atoms with E-state index in [0.29, 0.717) is 12.0 Å². The lowest BCUT2D eigenvalue weighted by Gasteiger charge is -2.18. The fourth-order valence-electron chi connectivity index (χ4n) is 3.01. The number of carbonyl (C=O) groups excluding carboxylic acids is 1. The average molecular weight is 333 g/mol. The van der Waals surface area contributed by atoms with Gasteiger partial charge in [0, 0.05) is 12.0 Å². The topological polar surface area (TPSA) is 58.6 Å². The quantitative estimate of drug-likeness (QED) is 0.884. The Morgan fingerprint density at radius 1 is 1.21 bits per heavy atom. The number of fused-ring (bicyclic) bond motifs is 1. The second-order valence-electron chi connectivity index (χ2n) is 5.68. The van der Waals surface area contributed by atoms with E-state index in [-0.39, 0.29) is 18.1 Å². The van der Waals surface area contributed by atoms with Crippen LogP contribution in [0.1, 0.15) is 22.7 Å². The smallest absolute Gasteiger partial charge is 0.387 e. The molecule has 3 rings (SSSR count). The Morgan fingerprint density at radius 2 is 1.92 bits per heavy atom. The van der Waals surface area contributed by atoms with E-state index in [2.05, 4.69) is 10.1 Å². The average Bonchev–Trinajstić information content (AvgIpc) is 2.85. The lowest BCUT2D eigenvalue weighted by molar-refractivity contribution is -0.122. The molecule has 0 fully saturated rings. The SMILES string of the molecule is O=C(Cc1ccccc1OC(F)F)NC1c2ccccc2CC1O. The minimum Gasteiger partial charge on any atom is -0.435 e. The number of hydrogen-bond acceptors (Lipinski definition) is 3. The Kier molecular flexibility index (Phi) is 4.76. The highest BCUT2D eigenvalue weighted by atomic mass is 19.3. The molecule has 4 nitrogen and oxygen atoms in total. The molecule has 2 aromatic rings. The Labute approximate surface area is 138 Å². The van der Waals surface area contributed by atoms with Crippen molar-refractivity contribution in [2.75, 3.05) is 0 Å². The predicted octanol–water partition coefficient (Wildman–Crippen LogP) is 2.61. The van der Waals surface area contributed by atoms with E-state index in [1.807, 2.05) is 24.3 Å². The maximum atomic E-state index is 12.4. The largest absolute Gasteiger partial charge is 0.435 e. The molecule has 0 spiro atoms. The van der Waals surface area contributed by atoms with E-state index in [1.54, 1.807) is 18.2 Å². The summed E-state index contributed by atoms with van der Waals surface area (Å²) in [4.78, 5) is 12.3. The first kappa shape index (κ1) is 16.4. The summed E-state index contributed by atoms with van der Waals surface area (Å²) in [5.74, 6) is -0.379. The number of nitrogens with one attached hydrogen (secondary N) is 1. The van der Waals surface area contributed by atoms with Crippen LogP contribution in [0.25, 0.3) is 0 Å². The number of amides is 1. The van der Waals surface area contributed by atoms with E-state index in [0.717, 1.165) is 11.1 Å². The van der Waals surface area contributed by atoms with Crippen LogP contribution in [0.4, 0.5) is 8.78 Å². The number of aliphatic hydroxyl groups excluding tert-OH is 1. The van der Waals surface area contributed by atoms with E-state index >= 15 is 0 Å². The number of rotatable bonds is 5. The first-order chi connectivity index (χ1) is 11.5. The van der Waals surface area contributed by atoms with Crippen LogP contribution in [0, 0.1) is 0 Å². The number of carbonyl (C=O) groups is 1. The fourth-order valence-corrected chi connectivity index (χ4v) is 3.01. The van der Waals surface area contributed by atoms with Crippen molar-refractivity contribution in [2.24, 2.45) is 0 Å². The molecule has 0 saturated carbocycles. The third-order valence-electron chi connectivity index (χ3n) is 4.06. The number of alkyl halides is 2. The van der Waals surface area contributed by atoms with Crippen LogP contribution in [0.3, 0.4) is 0 Å². The van der Waals surface area contributed by atoms with Crippen molar-refractivity contribution in [1.29, 1.82) is 0 Å². The summed E-state index contributed by atoms with van der Waals surface area (Å²) in [7, 11) is 0. The standard InChI is InChI=1S/C18H17F2NO3/c19-18(20)24-15-8-4-2-6-12(15)10-16(23)21-17-13-7-3-1-5-11(13)9-14(17)22/h1-8,14,17-18,22H,9-10H2,(H,21,23). The summed E-state index contributed by atoms with van der Waals surface area (Å²) in [6, 6.07) is 13.2. The highest BCUT2D eigenvalue weighted by molar-refractivity contribution is 5.80. The molecule has 24 heavy (non-hydrogen) atoms. The van der Waals surface area contributed by atoms with Crippen LogP contribution in [0.5, 0.6) is 5.75 Å². The van der Waals surface area contributed by atoms with Gasteiger partial charge in [-0.25, -0.2) is 0 Å². The highest BCUT2D eigenvalue weighted by Crippen LogP contribution is 2.31. The zero-order chi connectivity index (χ0) is 17.1. The van der Waals surface area contributed by atoms with Crippen molar-refractivity contribution in [3.05, 3.63) is 65.2 Å². The molecule has 2 N–H and O–H groups in total. The molecule has 0 bridgehead atoms. The van der Waals surface area contributed by atoms with Crippen molar-refractivity contribution < 1.29 is 23.4 Å². The van der Waals surface area contributed by atoms with Gasteiger partial charge >= 0.3 is 6.61 Å². The molecule has 2 aromatic carbocycles. The molecular weight excluding hydrogens is 316 g/mol. The van der Waals surface area contributed by atoms with Crippen molar-refractivity contribution >= 4 is 5.91 Å². The van der Waals surface area contributed by atoms with Gasteiger partial charge in [0.05, 0.1) is 18.6 Å². The summed E-state index contributed by atoms with van der Waals surface area (Å²) >= 11 is 0. The summed E-state index contributed by atoms with van der Waals surface area (Å²) in [6.45, 7) is -2.95. The van der Waals surface area contributed by atoms with Crippen molar-refractivity contribution in [3.63, 3.8) is 0 Å². The Bertz CT molecular complexity index is 736. The molecule has 6 heteroatoms. The van der Waals surface area contributed by atoms with Gasteiger partial charge in [0.25, 0.3) is 0 Å². The highest BCUT2D eigenvalue weighted by Gasteiger charge is 2.31. The van der Waals surface area contributed by atoms with Gasteiger partial charge in [0.2, 0.25) is 5.91 Å². The Balaban J connectivity index is 1.71. The summed E-state index contributed by atoms with van der Waals surface area (Å²) in [5, 5.41) is 12.9. The van der Waals surface area contributed by atoms with Crippen LogP contribution < -0.4 is 10.1 Å². The zero-order valence-electron chi connectivity index (χ0n) is 12.8. The number of ether oxygens (including phenoxy) is 1. The molecule has 1 aliphatic carbocycles. The first-order valence-corrected chi connectivity index (χ1v) is 7.62. The lowest BCUT2D eigenvalue weighted by Crippen LogP contribution is -2.34. The molecule has 0 radical (unpaired) electrons. The van der Waals surface area contributed by atoms with Crippen LogP contribution in [0.2, 0.25) is 0 Å². The first-order valence-electron chi connectivity index (χ1n) is 7.62. The van der Waals surface area contributed by atoms with Gasteiger partial charge in [-0.1, -0.05) is 42.5 Å². The van der Waals surface area contributed by atoms with E-state index in [4.69, 9.17) is 0 Å². The second kappa shape index (κ2) is 6.97. The van der Waals surface area contributed by atoms with Gasteiger partial charge in [-0.3, -0.25) is 4.79 Å². The minimum absolute atomic E-state index is 0.0185. The van der Waals surface area contributed by atoms with Gasteiger partial charge in [0.1, 0.15) is 5.75 Å². The summed E-state index contributed by atoms with van der Waals surface area (Å²) in [6.07, 6.45) is -0.320. The molecular formula is C18H17F2NO3. The molecule has 1 aliphatic rings. The second-order valence-corrected chi connectivity index (χ2v) is 5.68. The number of halogens is 2. The third-order valence-corrected chi connectivity index (χ3v) is 4.06. The predicted molar refractivity (Wildman–Crippen MR) is 83.8 cm³/mol. The molecule has 2 atom stereocenters. The Hall–Kier alpha value is -2.47. The monoisotopic (exact) mass is 333 g/mol. The lowest BCUT2D eigenvalue weighted by atomic mass is 10.1. The van der Waals surface area contributed by atoms with Crippen molar-refractivity contribution in [2.45, 2.75) is 31.6 Å². The van der Waals surface area contributed by atoms with E-state index in [1.165, 1.54) is 6.07 Å². The van der Waals surface area contributed by atoms with Crippen LogP contribution >= 0.6 is 0 Å². The minimum atomic E-state index is -2.95. The number of benzene rings is 2. The molecule has 2 unspecified atom stereocenters. The summed E-state index contributed by atoms with van der Waals surface area (Å²) < 4.78 is 29.3. The van der Waals surface area contributed by atoms with E-state index < -0.39 is 18.8 Å². The zero-order valence-corrected chi connectivity index (χ0v) is 12.8. The van der Waals surface area contributed by atoms with Crippen LogP contribution in [0.15, 0.2) is 48.5 Å². The van der Waals surface area contributed by atoms with Gasteiger partial charge in [-0.2, -0.15) is 8.78 Å².